The maximum Gasteiger partial charge on any atom is 0.274 e. The Labute approximate surface area is 53.4 Å². The molecule has 0 aliphatic rings. The lowest BCUT2D eigenvalue weighted by Gasteiger charge is -1.89. The fourth-order valence-electron chi connectivity index (χ4n) is 0.124. The van der Waals surface area contributed by atoms with Gasteiger partial charge >= 0.3 is 0 Å². The van der Waals surface area contributed by atoms with Gasteiger partial charge in [-0.1, -0.05) is 6.58 Å². The van der Waals surface area contributed by atoms with Gasteiger partial charge in [0.25, 0.3) is 17.7 Å². The fourth-order valence-corrected chi connectivity index (χ4v) is 1.11. The Hall–Kier alpha value is -0.360. The Kier molecular flexibility index (Phi) is 2.02. The number of rotatable bonds is 2. The average Bonchev–Trinajstić information content (AvgIpc) is 1.64. The smallest absolute Gasteiger partial charge is 0.213 e. The molecule has 0 aliphatic carbocycles. The lowest BCUT2D eigenvalue weighted by Crippen LogP contribution is -2.09. The molecule has 0 aromatic carbocycles. The zero-order chi connectivity index (χ0) is 7.71. The van der Waals surface area contributed by atoms with E-state index in [0.29, 0.717) is 11.7 Å². The molecule has 0 bridgehead atoms. The van der Waals surface area contributed by atoms with Crippen LogP contribution in [0.3, 0.4) is 0 Å². The van der Waals surface area contributed by atoms with Gasteiger partial charge in [0.15, 0.2) is 0 Å². The summed E-state index contributed by atoms with van der Waals surface area (Å²) in [5.41, 5.74) is 0. The van der Waals surface area contributed by atoms with E-state index in [1.54, 1.807) is 0 Å². The molecule has 4 nitrogen and oxygen atoms in total. The first kappa shape index (κ1) is 8.64. The van der Waals surface area contributed by atoms with Crippen molar-refractivity contribution < 1.29 is 16.8 Å². The molecule has 0 aromatic rings. The Bertz CT molecular complexity index is 293. The highest BCUT2D eigenvalue weighted by molar-refractivity contribution is 8.68. The molecule has 54 valence electrons. The molecule has 9 heavy (non-hydrogen) atoms. The van der Waals surface area contributed by atoms with Crippen LogP contribution in [0.25, 0.3) is 0 Å². The Morgan fingerprint density at radius 2 is 1.56 bits per heavy atom. The summed E-state index contributed by atoms with van der Waals surface area (Å²) in [7, 11) is -8.10. The van der Waals surface area contributed by atoms with E-state index in [9.17, 15) is 16.8 Å². The number of hydrogen-bond acceptors (Lipinski definition) is 4. The van der Waals surface area contributed by atoms with Gasteiger partial charge in [-0.3, -0.25) is 0 Å². The SMILES string of the molecule is C=CS(=O)(=O)S(C)(=O)=O. The third-order valence-corrected chi connectivity index (χ3v) is 4.82. The topological polar surface area (TPSA) is 68.3 Å². The van der Waals surface area contributed by atoms with Gasteiger partial charge in [-0.25, -0.2) is 16.8 Å². The second-order valence-corrected chi connectivity index (χ2v) is 7.30. The van der Waals surface area contributed by atoms with E-state index in [4.69, 9.17) is 0 Å². The van der Waals surface area contributed by atoms with Crippen LogP contribution >= 0.6 is 0 Å². The molecule has 0 saturated heterocycles. The predicted molar refractivity (Wildman–Crippen MR) is 34.0 cm³/mol. The molecule has 0 aliphatic heterocycles. The predicted octanol–water partition coefficient (Wildman–Crippen LogP) is -0.496. The molecular weight excluding hydrogens is 164 g/mol. The lowest BCUT2D eigenvalue weighted by atomic mass is 11.3. The third kappa shape index (κ3) is 1.79. The fraction of sp³-hybridized carbons (Fsp3) is 0.333. The quantitative estimate of drug-likeness (QED) is 0.524. The first-order valence-electron chi connectivity index (χ1n) is 1.89. The standard InChI is InChI=1S/C3H6O4S2/c1-3-9(6,7)8(2,4)5/h3H,1H2,2H3. The minimum absolute atomic E-state index is 0.405. The highest BCUT2D eigenvalue weighted by Gasteiger charge is 2.18. The van der Waals surface area contributed by atoms with Gasteiger partial charge in [0.05, 0.1) is 6.26 Å². The van der Waals surface area contributed by atoms with Crippen LogP contribution in [0.2, 0.25) is 0 Å². The molecule has 0 heterocycles. The van der Waals surface area contributed by atoms with Crippen LogP contribution in [0.5, 0.6) is 0 Å². The molecule has 6 heteroatoms. The van der Waals surface area contributed by atoms with E-state index in [0.717, 1.165) is 0 Å². The van der Waals surface area contributed by atoms with E-state index >= 15 is 0 Å². The van der Waals surface area contributed by atoms with E-state index in [-0.39, 0.29) is 0 Å². The number of hydrogen-bond donors (Lipinski definition) is 0. The minimum Gasteiger partial charge on any atom is -0.213 e. The van der Waals surface area contributed by atoms with Crippen LogP contribution in [0.4, 0.5) is 0 Å². The summed E-state index contributed by atoms with van der Waals surface area (Å²) in [4.78, 5) is 0. The summed E-state index contributed by atoms with van der Waals surface area (Å²) < 4.78 is 41.1. The Morgan fingerprint density at radius 3 is 1.56 bits per heavy atom. The second kappa shape index (κ2) is 2.11. The van der Waals surface area contributed by atoms with Crippen LogP contribution < -0.4 is 0 Å². The largest absolute Gasteiger partial charge is 0.274 e. The minimum atomic E-state index is -4.10. The van der Waals surface area contributed by atoms with Crippen molar-refractivity contribution >= 4 is 17.7 Å². The summed E-state index contributed by atoms with van der Waals surface area (Å²) in [5.74, 6) is 0. The van der Waals surface area contributed by atoms with Crippen molar-refractivity contribution in [2.24, 2.45) is 0 Å². The molecular formula is C3H6O4S2. The van der Waals surface area contributed by atoms with Crippen molar-refractivity contribution in [3.63, 3.8) is 0 Å². The van der Waals surface area contributed by atoms with Crippen molar-refractivity contribution in [2.75, 3.05) is 6.26 Å². The summed E-state index contributed by atoms with van der Waals surface area (Å²) in [6.07, 6.45) is 0.615. The van der Waals surface area contributed by atoms with E-state index in [1.165, 1.54) is 0 Å². The second-order valence-electron chi connectivity index (χ2n) is 1.36. The van der Waals surface area contributed by atoms with E-state index in [1.807, 2.05) is 0 Å². The molecule has 0 atom stereocenters. The molecule has 0 saturated carbocycles. The molecule has 0 amide bonds. The van der Waals surface area contributed by atoms with Crippen molar-refractivity contribution in [1.29, 1.82) is 0 Å². The van der Waals surface area contributed by atoms with Crippen molar-refractivity contribution in [3.05, 3.63) is 12.0 Å². The zero-order valence-corrected chi connectivity index (χ0v) is 6.37. The first-order valence-corrected chi connectivity index (χ1v) is 5.84. The van der Waals surface area contributed by atoms with Gasteiger partial charge in [-0.15, -0.1) is 0 Å². The van der Waals surface area contributed by atoms with Crippen LogP contribution in [-0.2, 0) is 17.7 Å². The third-order valence-electron chi connectivity index (χ3n) is 0.626. The molecule has 0 unspecified atom stereocenters. The molecule has 0 spiro atoms. The molecule has 0 fully saturated rings. The first-order chi connectivity index (χ1) is 3.81. The summed E-state index contributed by atoms with van der Waals surface area (Å²) in [5, 5.41) is 0.405. The van der Waals surface area contributed by atoms with Gasteiger partial charge < -0.3 is 0 Å². The van der Waals surface area contributed by atoms with Gasteiger partial charge in [0, 0.05) is 5.41 Å². The molecule has 0 N–H and O–H groups in total. The highest BCUT2D eigenvalue weighted by atomic mass is 33.2. The maximum atomic E-state index is 10.3. The van der Waals surface area contributed by atoms with E-state index in [2.05, 4.69) is 6.58 Å². The Balaban J connectivity index is 5.33. The monoisotopic (exact) mass is 170 g/mol. The summed E-state index contributed by atoms with van der Waals surface area (Å²) >= 11 is 0. The van der Waals surface area contributed by atoms with Crippen LogP contribution in [0.1, 0.15) is 0 Å². The van der Waals surface area contributed by atoms with Gasteiger partial charge in [-0.05, 0) is 0 Å². The zero-order valence-electron chi connectivity index (χ0n) is 4.73. The van der Waals surface area contributed by atoms with Gasteiger partial charge in [-0.2, -0.15) is 0 Å². The summed E-state index contributed by atoms with van der Waals surface area (Å²) in [6, 6.07) is 0. The molecule has 0 aromatic heterocycles. The van der Waals surface area contributed by atoms with Crippen molar-refractivity contribution in [1.82, 2.24) is 0 Å². The normalized spacial score (nSPS) is 13.0. The highest BCUT2D eigenvalue weighted by Crippen LogP contribution is 1.99. The lowest BCUT2D eigenvalue weighted by molar-refractivity contribution is 0.590. The maximum absolute atomic E-state index is 10.3. The van der Waals surface area contributed by atoms with Crippen LogP contribution in [-0.4, -0.2) is 23.1 Å². The van der Waals surface area contributed by atoms with Crippen LogP contribution in [0, 0.1) is 0 Å². The van der Waals surface area contributed by atoms with E-state index < -0.39 is 17.7 Å². The Morgan fingerprint density at radius 1 is 1.22 bits per heavy atom. The average molecular weight is 170 g/mol. The summed E-state index contributed by atoms with van der Waals surface area (Å²) in [6.45, 7) is 2.83. The molecule has 0 radical (unpaired) electrons. The van der Waals surface area contributed by atoms with Gasteiger partial charge in [0.2, 0.25) is 0 Å². The van der Waals surface area contributed by atoms with Crippen molar-refractivity contribution in [3.8, 4) is 0 Å². The molecule has 0 rings (SSSR count). The van der Waals surface area contributed by atoms with Gasteiger partial charge in [0.1, 0.15) is 0 Å². The van der Waals surface area contributed by atoms with Crippen molar-refractivity contribution in [2.45, 2.75) is 0 Å². The van der Waals surface area contributed by atoms with Crippen LogP contribution in [0.15, 0.2) is 12.0 Å².